The van der Waals surface area contributed by atoms with E-state index in [1.807, 2.05) is 18.2 Å². The number of nitrogens with one attached hydrogen (secondary N) is 1. The minimum Gasteiger partial charge on any atom is -0.480 e. The van der Waals surface area contributed by atoms with Crippen molar-refractivity contribution in [2.45, 2.75) is 18.4 Å². The van der Waals surface area contributed by atoms with Crippen LogP contribution in [0.1, 0.15) is 17.9 Å². The Bertz CT molecular complexity index is 381. The van der Waals surface area contributed by atoms with Crippen molar-refractivity contribution in [2.75, 3.05) is 6.54 Å². The van der Waals surface area contributed by atoms with Gasteiger partial charge in [-0.25, -0.2) is 0 Å². The van der Waals surface area contributed by atoms with E-state index in [-0.39, 0.29) is 5.92 Å². The monoisotopic (exact) mass is 225 g/mol. The lowest BCUT2D eigenvalue weighted by Crippen LogP contribution is -2.34. The van der Waals surface area contributed by atoms with Crippen molar-refractivity contribution in [1.82, 2.24) is 5.32 Å². The molecule has 0 saturated carbocycles. The van der Waals surface area contributed by atoms with Crippen LogP contribution in [-0.2, 0) is 4.79 Å². The van der Waals surface area contributed by atoms with Crippen molar-refractivity contribution >= 4 is 17.6 Å². The van der Waals surface area contributed by atoms with E-state index in [0.717, 1.165) is 18.5 Å². The highest BCUT2D eigenvalue weighted by Crippen LogP contribution is 2.32. The maximum absolute atomic E-state index is 11.0. The third-order valence-electron chi connectivity index (χ3n) is 2.79. The zero-order chi connectivity index (χ0) is 10.8. The number of hydrogen-bond acceptors (Lipinski definition) is 2. The van der Waals surface area contributed by atoms with Gasteiger partial charge in [0.2, 0.25) is 0 Å². The van der Waals surface area contributed by atoms with Crippen molar-refractivity contribution in [3.05, 3.63) is 34.9 Å². The Labute approximate surface area is 93.1 Å². The normalized spacial score (nSPS) is 25.4. The van der Waals surface area contributed by atoms with Gasteiger partial charge in [-0.05, 0) is 24.6 Å². The van der Waals surface area contributed by atoms with Gasteiger partial charge in [0.05, 0.1) is 0 Å². The fraction of sp³-hybridized carbons (Fsp3) is 0.364. The van der Waals surface area contributed by atoms with Crippen LogP contribution in [0.4, 0.5) is 0 Å². The fourth-order valence-electron chi connectivity index (χ4n) is 2.07. The summed E-state index contributed by atoms with van der Waals surface area (Å²) in [4.78, 5) is 11.0. The van der Waals surface area contributed by atoms with Crippen LogP contribution in [0.15, 0.2) is 24.3 Å². The van der Waals surface area contributed by atoms with Crippen LogP contribution in [0, 0.1) is 0 Å². The predicted molar refractivity (Wildman–Crippen MR) is 58.2 cm³/mol. The molecule has 1 unspecified atom stereocenters. The van der Waals surface area contributed by atoms with Gasteiger partial charge in [0.15, 0.2) is 0 Å². The molecule has 2 atom stereocenters. The topological polar surface area (TPSA) is 49.3 Å². The van der Waals surface area contributed by atoms with Gasteiger partial charge in [0, 0.05) is 10.9 Å². The van der Waals surface area contributed by atoms with E-state index in [1.165, 1.54) is 0 Å². The molecule has 1 heterocycles. The van der Waals surface area contributed by atoms with Crippen LogP contribution < -0.4 is 5.32 Å². The molecule has 1 aromatic rings. The molecule has 0 amide bonds. The van der Waals surface area contributed by atoms with E-state index in [1.54, 1.807) is 6.07 Å². The molecular formula is C11H12ClNO2. The Hall–Kier alpha value is -1.06. The van der Waals surface area contributed by atoms with Crippen molar-refractivity contribution in [3.63, 3.8) is 0 Å². The third kappa shape index (κ3) is 1.98. The average molecular weight is 226 g/mol. The lowest BCUT2D eigenvalue weighted by molar-refractivity contribution is -0.139. The van der Waals surface area contributed by atoms with Crippen LogP contribution in [0.5, 0.6) is 0 Å². The summed E-state index contributed by atoms with van der Waals surface area (Å²) in [6.07, 6.45) is 0.820. The van der Waals surface area contributed by atoms with E-state index in [0.29, 0.717) is 5.02 Å². The molecule has 3 nitrogen and oxygen atoms in total. The molecule has 1 aliphatic rings. The standard InChI is InChI=1S/C11H12ClNO2/c12-9-4-2-1-3-7(9)8-5-6-13-10(8)11(14)15/h1-4,8,10,13H,5-6H2,(H,14,15)/t8?,10-/m0/s1. The number of hydrogen-bond donors (Lipinski definition) is 2. The average Bonchev–Trinajstić information content (AvgIpc) is 2.67. The van der Waals surface area contributed by atoms with Gasteiger partial charge in [-0.15, -0.1) is 0 Å². The van der Waals surface area contributed by atoms with Crippen molar-refractivity contribution in [2.24, 2.45) is 0 Å². The summed E-state index contributed by atoms with van der Waals surface area (Å²) in [6, 6.07) is 6.93. The third-order valence-corrected chi connectivity index (χ3v) is 3.14. The van der Waals surface area contributed by atoms with E-state index in [4.69, 9.17) is 16.7 Å². The second-order valence-corrected chi connectivity index (χ2v) is 4.09. The lowest BCUT2D eigenvalue weighted by atomic mass is 9.92. The van der Waals surface area contributed by atoms with Crippen LogP contribution in [0.2, 0.25) is 5.02 Å². The molecule has 0 aromatic heterocycles. The molecular weight excluding hydrogens is 214 g/mol. The minimum atomic E-state index is -0.808. The summed E-state index contributed by atoms with van der Waals surface area (Å²) in [5, 5.41) is 12.7. The summed E-state index contributed by atoms with van der Waals surface area (Å²) < 4.78 is 0. The first kappa shape index (κ1) is 10.5. The number of carbonyl (C=O) groups is 1. The van der Waals surface area contributed by atoms with E-state index in [2.05, 4.69) is 5.32 Å². The Balaban J connectivity index is 2.30. The smallest absolute Gasteiger partial charge is 0.321 e. The summed E-state index contributed by atoms with van der Waals surface area (Å²) in [5.41, 5.74) is 0.927. The number of carboxylic acid groups (broad SMARTS) is 1. The van der Waals surface area contributed by atoms with Gasteiger partial charge in [0.1, 0.15) is 6.04 Å². The van der Waals surface area contributed by atoms with Crippen molar-refractivity contribution in [3.8, 4) is 0 Å². The highest BCUT2D eigenvalue weighted by atomic mass is 35.5. The van der Waals surface area contributed by atoms with Crippen molar-refractivity contribution in [1.29, 1.82) is 0 Å². The van der Waals surface area contributed by atoms with Crippen molar-refractivity contribution < 1.29 is 9.90 Å². The Kier molecular flexibility index (Phi) is 2.93. The van der Waals surface area contributed by atoms with Crippen LogP contribution >= 0.6 is 11.6 Å². The zero-order valence-corrected chi connectivity index (χ0v) is 8.87. The maximum atomic E-state index is 11.0. The zero-order valence-electron chi connectivity index (χ0n) is 8.11. The molecule has 0 spiro atoms. The predicted octanol–water partition coefficient (Wildman–Crippen LogP) is 1.87. The second kappa shape index (κ2) is 4.21. The molecule has 0 bridgehead atoms. The quantitative estimate of drug-likeness (QED) is 0.808. The number of aliphatic carboxylic acids is 1. The molecule has 80 valence electrons. The summed E-state index contributed by atoms with van der Waals surface area (Å²) in [7, 11) is 0. The Morgan fingerprint density at radius 3 is 2.87 bits per heavy atom. The molecule has 4 heteroatoms. The van der Waals surface area contributed by atoms with Gasteiger partial charge < -0.3 is 10.4 Å². The molecule has 0 radical (unpaired) electrons. The minimum absolute atomic E-state index is 0.0174. The number of rotatable bonds is 2. The molecule has 2 rings (SSSR count). The van der Waals surface area contributed by atoms with Gasteiger partial charge in [-0.2, -0.15) is 0 Å². The largest absolute Gasteiger partial charge is 0.480 e. The molecule has 1 saturated heterocycles. The molecule has 1 fully saturated rings. The van der Waals surface area contributed by atoms with E-state index >= 15 is 0 Å². The van der Waals surface area contributed by atoms with Gasteiger partial charge in [-0.3, -0.25) is 4.79 Å². The number of halogens is 1. The lowest BCUT2D eigenvalue weighted by Gasteiger charge is -2.16. The molecule has 0 aliphatic carbocycles. The Morgan fingerprint density at radius 2 is 2.20 bits per heavy atom. The molecule has 1 aliphatic heterocycles. The molecule has 2 N–H and O–H groups in total. The van der Waals surface area contributed by atoms with Gasteiger partial charge in [-0.1, -0.05) is 29.8 Å². The van der Waals surface area contributed by atoms with E-state index < -0.39 is 12.0 Å². The number of benzene rings is 1. The Morgan fingerprint density at radius 1 is 1.47 bits per heavy atom. The summed E-state index contributed by atoms with van der Waals surface area (Å²) in [6.45, 7) is 0.729. The highest BCUT2D eigenvalue weighted by molar-refractivity contribution is 6.31. The van der Waals surface area contributed by atoms with Crippen LogP contribution in [-0.4, -0.2) is 23.7 Å². The van der Waals surface area contributed by atoms with Crippen LogP contribution in [0.3, 0.4) is 0 Å². The number of carboxylic acids is 1. The second-order valence-electron chi connectivity index (χ2n) is 3.69. The van der Waals surface area contributed by atoms with Gasteiger partial charge in [0.25, 0.3) is 0 Å². The highest BCUT2D eigenvalue weighted by Gasteiger charge is 2.34. The first-order valence-corrected chi connectivity index (χ1v) is 5.28. The van der Waals surface area contributed by atoms with Crippen LogP contribution in [0.25, 0.3) is 0 Å². The molecule has 15 heavy (non-hydrogen) atoms. The summed E-state index contributed by atoms with van der Waals surface area (Å²) >= 11 is 6.05. The fourth-order valence-corrected chi connectivity index (χ4v) is 2.35. The SMILES string of the molecule is O=C(O)[C@H]1NCCC1c1ccccc1Cl. The van der Waals surface area contributed by atoms with Gasteiger partial charge >= 0.3 is 5.97 Å². The summed E-state index contributed by atoms with van der Waals surface area (Å²) in [5.74, 6) is -0.825. The first-order valence-electron chi connectivity index (χ1n) is 4.91. The maximum Gasteiger partial charge on any atom is 0.321 e. The van der Waals surface area contributed by atoms with E-state index in [9.17, 15) is 4.79 Å². The first-order chi connectivity index (χ1) is 7.20. The molecule has 1 aromatic carbocycles.